The fourth-order valence-corrected chi connectivity index (χ4v) is 2.51. The van der Waals surface area contributed by atoms with E-state index in [1.54, 1.807) is 30.5 Å². The van der Waals surface area contributed by atoms with E-state index in [4.69, 9.17) is 4.84 Å². The maximum absolute atomic E-state index is 12.4. The van der Waals surface area contributed by atoms with Gasteiger partial charge in [-0.3, -0.25) is 9.59 Å². The van der Waals surface area contributed by atoms with E-state index in [9.17, 15) is 14.4 Å². The van der Waals surface area contributed by atoms with Crippen molar-refractivity contribution in [1.29, 1.82) is 0 Å². The van der Waals surface area contributed by atoms with Gasteiger partial charge in [-0.1, -0.05) is 28.5 Å². The van der Waals surface area contributed by atoms with Crippen LogP contribution in [0.4, 0.5) is 0 Å². The largest absolute Gasteiger partial charge is 0.364 e. The molecule has 25 heavy (non-hydrogen) atoms. The predicted molar refractivity (Wildman–Crippen MR) is 83.7 cm³/mol. The van der Waals surface area contributed by atoms with Gasteiger partial charge in [0, 0.05) is 0 Å². The van der Waals surface area contributed by atoms with E-state index in [-0.39, 0.29) is 16.7 Å². The van der Waals surface area contributed by atoms with Crippen LogP contribution in [0.15, 0.2) is 60.9 Å². The van der Waals surface area contributed by atoms with E-state index in [0.717, 1.165) is 0 Å². The van der Waals surface area contributed by atoms with Crippen LogP contribution >= 0.6 is 0 Å². The normalized spacial score (nSPS) is 13.0. The number of nitrogens with zero attached hydrogens (tertiary/aromatic N) is 4. The Hall–Kier alpha value is -3.81. The highest BCUT2D eigenvalue weighted by molar-refractivity contribution is 6.21. The average Bonchev–Trinajstić information content (AvgIpc) is 3.26. The van der Waals surface area contributed by atoms with Crippen molar-refractivity contribution in [1.82, 2.24) is 20.1 Å². The monoisotopic (exact) mass is 334 g/mol. The minimum absolute atomic E-state index is 0.171. The summed E-state index contributed by atoms with van der Waals surface area (Å²) in [5, 5.41) is 8.02. The third-order valence-corrected chi connectivity index (χ3v) is 3.70. The summed E-state index contributed by atoms with van der Waals surface area (Å²) in [6, 6.07) is 12.7. The van der Waals surface area contributed by atoms with E-state index in [2.05, 4.69) is 10.3 Å². The standard InChI is InChI=1S/C17H10N4O4/c22-15-13-6-1-2-7-14(13)16(23)21(15)25-17(24)11-4-3-5-12(10-11)20-9-8-18-19-20/h1-10H. The second kappa shape index (κ2) is 5.68. The number of benzene rings is 2. The first-order chi connectivity index (χ1) is 12.1. The van der Waals surface area contributed by atoms with Gasteiger partial charge >= 0.3 is 5.97 Å². The van der Waals surface area contributed by atoms with Crippen molar-refractivity contribution < 1.29 is 19.2 Å². The highest BCUT2D eigenvalue weighted by atomic mass is 16.7. The van der Waals surface area contributed by atoms with E-state index < -0.39 is 17.8 Å². The van der Waals surface area contributed by atoms with Crippen molar-refractivity contribution in [3.05, 3.63) is 77.6 Å². The van der Waals surface area contributed by atoms with Gasteiger partial charge in [0.1, 0.15) is 0 Å². The summed E-state index contributed by atoms with van der Waals surface area (Å²) in [5.74, 6) is -2.15. The molecule has 0 spiro atoms. The van der Waals surface area contributed by atoms with Crippen molar-refractivity contribution in [2.24, 2.45) is 0 Å². The smallest absolute Gasteiger partial charge is 0.324 e. The topological polar surface area (TPSA) is 94.4 Å². The van der Waals surface area contributed by atoms with Crippen LogP contribution in [0.1, 0.15) is 31.1 Å². The van der Waals surface area contributed by atoms with E-state index in [1.165, 1.54) is 35.1 Å². The molecule has 0 radical (unpaired) electrons. The Morgan fingerprint density at radius 1 is 0.960 bits per heavy atom. The number of amides is 2. The number of hydrogen-bond acceptors (Lipinski definition) is 6. The molecule has 2 aromatic carbocycles. The number of hydroxylamine groups is 2. The number of carbonyl (C=O) groups is 3. The van der Waals surface area contributed by atoms with Gasteiger partial charge in [0.2, 0.25) is 0 Å². The molecule has 0 aliphatic carbocycles. The summed E-state index contributed by atoms with van der Waals surface area (Å²) in [7, 11) is 0. The Labute approximate surface area is 141 Å². The second-order valence-electron chi connectivity index (χ2n) is 5.23. The van der Waals surface area contributed by atoms with E-state index >= 15 is 0 Å². The molecule has 3 aromatic rings. The highest BCUT2D eigenvalue weighted by Gasteiger charge is 2.38. The van der Waals surface area contributed by atoms with Crippen LogP contribution in [0.5, 0.6) is 0 Å². The van der Waals surface area contributed by atoms with Crippen molar-refractivity contribution in [3.63, 3.8) is 0 Å². The lowest BCUT2D eigenvalue weighted by Gasteiger charge is -2.13. The highest BCUT2D eigenvalue weighted by Crippen LogP contribution is 2.23. The average molecular weight is 334 g/mol. The van der Waals surface area contributed by atoms with Gasteiger partial charge in [-0.25, -0.2) is 9.48 Å². The number of carbonyl (C=O) groups excluding carboxylic acids is 3. The molecular weight excluding hydrogens is 324 g/mol. The summed E-state index contributed by atoms with van der Waals surface area (Å²) in [6.07, 6.45) is 3.12. The number of hydrogen-bond donors (Lipinski definition) is 0. The van der Waals surface area contributed by atoms with Crippen LogP contribution in [0.3, 0.4) is 0 Å². The molecule has 0 unspecified atom stereocenters. The molecule has 0 fully saturated rings. The Bertz CT molecular complexity index is 962. The molecule has 8 nitrogen and oxygen atoms in total. The summed E-state index contributed by atoms with van der Waals surface area (Å²) in [6.45, 7) is 0. The van der Waals surface area contributed by atoms with Gasteiger partial charge in [-0.15, -0.1) is 5.10 Å². The van der Waals surface area contributed by atoms with Gasteiger partial charge in [-0.05, 0) is 30.3 Å². The molecule has 0 saturated heterocycles. The fraction of sp³-hybridized carbons (Fsp3) is 0. The first-order valence-corrected chi connectivity index (χ1v) is 7.32. The molecule has 4 rings (SSSR count). The quantitative estimate of drug-likeness (QED) is 0.676. The third kappa shape index (κ3) is 2.45. The lowest BCUT2D eigenvalue weighted by atomic mass is 10.1. The number of rotatable bonds is 3. The van der Waals surface area contributed by atoms with Crippen molar-refractivity contribution >= 4 is 17.8 Å². The number of fused-ring (bicyclic) bond motifs is 1. The van der Waals surface area contributed by atoms with Gasteiger partial charge in [0.05, 0.1) is 34.8 Å². The molecule has 8 heteroatoms. The summed E-state index contributed by atoms with van der Waals surface area (Å²) in [4.78, 5) is 41.8. The van der Waals surface area contributed by atoms with Crippen LogP contribution in [-0.4, -0.2) is 37.8 Å². The maximum Gasteiger partial charge on any atom is 0.364 e. The first-order valence-electron chi connectivity index (χ1n) is 7.32. The predicted octanol–water partition coefficient (Wildman–Crippen LogP) is 1.64. The zero-order valence-corrected chi connectivity index (χ0v) is 12.7. The zero-order chi connectivity index (χ0) is 17.4. The third-order valence-electron chi connectivity index (χ3n) is 3.70. The first kappa shape index (κ1) is 14.8. The molecule has 2 amide bonds. The van der Waals surface area contributed by atoms with Crippen LogP contribution in [0.2, 0.25) is 0 Å². The number of imide groups is 1. The summed E-state index contributed by atoms with van der Waals surface area (Å²) < 4.78 is 1.47. The Balaban J connectivity index is 1.58. The molecule has 0 N–H and O–H groups in total. The lowest BCUT2D eigenvalue weighted by Crippen LogP contribution is -2.32. The summed E-state index contributed by atoms with van der Waals surface area (Å²) >= 11 is 0. The van der Waals surface area contributed by atoms with Gasteiger partial charge in [0.25, 0.3) is 11.8 Å². The minimum Gasteiger partial charge on any atom is -0.324 e. The van der Waals surface area contributed by atoms with Crippen LogP contribution in [-0.2, 0) is 4.84 Å². The second-order valence-corrected chi connectivity index (χ2v) is 5.23. The van der Waals surface area contributed by atoms with E-state index in [1.807, 2.05) is 0 Å². The maximum atomic E-state index is 12.4. The SMILES string of the molecule is O=C(ON1C(=O)c2ccccc2C1=O)c1cccc(-n2ccnn2)c1. The van der Waals surface area contributed by atoms with Crippen molar-refractivity contribution in [3.8, 4) is 5.69 Å². The molecule has 0 atom stereocenters. The lowest BCUT2D eigenvalue weighted by molar-refractivity contribution is -0.0584. The van der Waals surface area contributed by atoms with Gasteiger partial charge in [-0.2, -0.15) is 0 Å². The fourth-order valence-electron chi connectivity index (χ4n) is 2.51. The molecule has 2 heterocycles. The van der Waals surface area contributed by atoms with Crippen LogP contribution in [0, 0.1) is 0 Å². The molecule has 122 valence electrons. The van der Waals surface area contributed by atoms with Gasteiger partial charge < -0.3 is 4.84 Å². The van der Waals surface area contributed by atoms with Crippen molar-refractivity contribution in [2.45, 2.75) is 0 Å². The van der Waals surface area contributed by atoms with Crippen LogP contribution in [0.25, 0.3) is 5.69 Å². The van der Waals surface area contributed by atoms with Crippen molar-refractivity contribution in [2.75, 3.05) is 0 Å². The Morgan fingerprint density at radius 3 is 2.32 bits per heavy atom. The van der Waals surface area contributed by atoms with Gasteiger partial charge in [0.15, 0.2) is 0 Å². The number of aromatic nitrogens is 3. The van der Waals surface area contributed by atoms with Crippen LogP contribution < -0.4 is 0 Å². The molecule has 0 saturated carbocycles. The summed E-state index contributed by atoms with van der Waals surface area (Å²) in [5.41, 5.74) is 1.17. The molecule has 1 aliphatic heterocycles. The minimum atomic E-state index is -0.823. The molecular formula is C17H10N4O4. The Morgan fingerprint density at radius 2 is 1.68 bits per heavy atom. The molecule has 0 bridgehead atoms. The zero-order valence-electron chi connectivity index (χ0n) is 12.7. The van der Waals surface area contributed by atoms with E-state index in [0.29, 0.717) is 10.8 Å². The molecule has 1 aromatic heterocycles. The molecule has 1 aliphatic rings. The Kier molecular flexibility index (Phi) is 3.35.